The lowest BCUT2D eigenvalue weighted by Gasteiger charge is -2.21. The summed E-state index contributed by atoms with van der Waals surface area (Å²) in [4.78, 5) is 34.4. The van der Waals surface area contributed by atoms with E-state index >= 15 is 0 Å². The van der Waals surface area contributed by atoms with E-state index in [2.05, 4.69) is 4.74 Å². The van der Waals surface area contributed by atoms with Gasteiger partial charge < -0.3 is 25.6 Å². The zero-order valence-corrected chi connectivity index (χ0v) is 9.25. The van der Waals surface area contributed by atoms with Gasteiger partial charge in [-0.25, -0.2) is 4.79 Å². The third-order valence-corrected chi connectivity index (χ3v) is 2.69. The fourth-order valence-corrected chi connectivity index (χ4v) is 1.78. The topological polar surface area (TPSA) is 130 Å². The van der Waals surface area contributed by atoms with Crippen LogP contribution in [0.1, 0.15) is 6.42 Å². The van der Waals surface area contributed by atoms with Crippen molar-refractivity contribution >= 4 is 17.8 Å². The van der Waals surface area contributed by atoms with E-state index in [9.17, 15) is 14.4 Å². The van der Waals surface area contributed by atoms with Crippen molar-refractivity contribution in [2.45, 2.75) is 18.0 Å². The van der Waals surface area contributed by atoms with Crippen LogP contribution in [0.5, 0.6) is 0 Å². The van der Waals surface area contributed by atoms with E-state index in [1.807, 2.05) is 0 Å². The first-order valence-corrected chi connectivity index (χ1v) is 4.85. The summed E-state index contributed by atoms with van der Waals surface area (Å²) < 4.78 is 4.60. The number of aliphatic carboxylic acids is 2. The molecule has 0 unspecified atom stereocenters. The number of methoxy groups -OCH3 is 1. The van der Waals surface area contributed by atoms with E-state index in [0.29, 0.717) is 0 Å². The predicted molar refractivity (Wildman–Crippen MR) is 54.2 cm³/mol. The van der Waals surface area contributed by atoms with Crippen LogP contribution in [0.4, 0.5) is 0 Å². The quantitative estimate of drug-likeness (QED) is 0.528. The second-order valence-electron chi connectivity index (χ2n) is 3.97. The maximum absolute atomic E-state index is 11.6. The Kier molecular flexibility index (Phi) is 3.69. The smallest absolute Gasteiger partial charge is 0.326 e. The molecule has 8 heteroatoms. The molecule has 0 aliphatic carbocycles. The summed E-state index contributed by atoms with van der Waals surface area (Å²) >= 11 is 0. The van der Waals surface area contributed by atoms with Crippen LogP contribution >= 0.6 is 0 Å². The van der Waals surface area contributed by atoms with E-state index in [1.165, 1.54) is 7.11 Å². The Balaban J connectivity index is 2.92. The molecule has 0 aromatic carbocycles. The van der Waals surface area contributed by atoms with Gasteiger partial charge in [-0.05, 0) is 0 Å². The highest BCUT2D eigenvalue weighted by Crippen LogP contribution is 2.26. The van der Waals surface area contributed by atoms with Crippen LogP contribution in [0.3, 0.4) is 0 Å². The number of carboxylic acid groups (broad SMARTS) is 2. The first-order chi connectivity index (χ1) is 7.81. The lowest BCUT2D eigenvalue weighted by atomic mass is 9.98. The number of nitrogens with two attached hydrogens (primary N) is 1. The number of hydrogen-bond acceptors (Lipinski definition) is 5. The van der Waals surface area contributed by atoms with Crippen LogP contribution in [0, 0.1) is 0 Å². The average Bonchev–Trinajstić information content (AvgIpc) is 2.58. The molecule has 1 heterocycles. The van der Waals surface area contributed by atoms with Gasteiger partial charge in [0, 0.05) is 13.5 Å². The zero-order valence-electron chi connectivity index (χ0n) is 9.25. The molecule has 1 fully saturated rings. The molecular formula is C9H14N2O6. The Morgan fingerprint density at radius 3 is 2.47 bits per heavy atom. The molecule has 0 spiro atoms. The van der Waals surface area contributed by atoms with Gasteiger partial charge in [-0.2, -0.15) is 0 Å². The molecule has 1 amide bonds. The molecule has 0 radical (unpaired) electrons. The zero-order chi connectivity index (χ0) is 13.2. The average molecular weight is 246 g/mol. The summed E-state index contributed by atoms with van der Waals surface area (Å²) in [6.07, 6.45) is -0.312. The highest BCUT2D eigenvalue weighted by atomic mass is 16.5. The molecule has 96 valence electrons. The van der Waals surface area contributed by atoms with Crippen molar-refractivity contribution in [3.05, 3.63) is 0 Å². The minimum Gasteiger partial charge on any atom is -0.480 e. The fourth-order valence-electron chi connectivity index (χ4n) is 1.78. The molecular weight excluding hydrogens is 232 g/mol. The Hall–Kier alpha value is -1.67. The van der Waals surface area contributed by atoms with Gasteiger partial charge in [0.15, 0.2) is 0 Å². The summed E-state index contributed by atoms with van der Waals surface area (Å²) in [5, 5.41) is 17.8. The monoisotopic (exact) mass is 246 g/mol. The summed E-state index contributed by atoms with van der Waals surface area (Å²) in [5.41, 5.74) is 3.84. The second kappa shape index (κ2) is 4.68. The summed E-state index contributed by atoms with van der Waals surface area (Å²) in [6.45, 7) is -0.638. The van der Waals surface area contributed by atoms with Crippen LogP contribution in [0.15, 0.2) is 0 Å². The van der Waals surface area contributed by atoms with Gasteiger partial charge in [0.25, 0.3) is 0 Å². The number of carbonyl (C=O) groups is 3. The number of rotatable bonds is 4. The summed E-state index contributed by atoms with van der Waals surface area (Å²) in [6, 6.07) is -1.22. The first-order valence-electron chi connectivity index (χ1n) is 4.85. The van der Waals surface area contributed by atoms with Crippen molar-refractivity contribution in [2.24, 2.45) is 5.73 Å². The van der Waals surface area contributed by atoms with Crippen LogP contribution in [0.25, 0.3) is 0 Å². The van der Waals surface area contributed by atoms with Gasteiger partial charge in [0.05, 0.1) is 6.54 Å². The highest BCUT2D eigenvalue weighted by Gasteiger charge is 2.51. The Morgan fingerprint density at radius 1 is 1.47 bits per heavy atom. The fraction of sp³-hybridized carbons (Fsp3) is 0.667. The standard InChI is InChI=1S/C9H14N2O6/c1-17-3-6(12)11-4-9(10,8(15)16)2-5(11)7(13)14/h5H,2-4,10H2,1H3,(H,13,14)(H,15,16)/t5-,9-/m0/s1. The van der Waals surface area contributed by atoms with Crippen molar-refractivity contribution < 1.29 is 29.3 Å². The SMILES string of the molecule is COCC(=O)N1C[C@](N)(C(=O)O)C[C@H]1C(=O)O. The summed E-state index contributed by atoms with van der Waals surface area (Å²) in [5.74, 6) is -3.19. The Bertz CT molecular complexity index is 357. The van der Waals surface area contributed by atoms with E-state index in [4.69, 9.17) is 15.9 Å². The molecule has 1 aliphatic heterocycles. The maximum atomic E-state index is 11.6. The lowest BCUT2D eigenvalue weighted by molar-refractivity contribution is -0.149. The first kappa shape index (κ1) is 13.4. The number of ether oxygens (including phenoxy) is 1. The van der Waals surface area contributed by atoms with E-state index in [-0.39, 0.29) is 19.6 Å². The van der Waals surface area contributed by atoms with Crippen LogP contribution < -0.4 is 5.73 Å². The molecule has 2 atom stereocenters. The third-order valence-electron chi connectivity index (χ3n) is 2.69. The van der Waals surface area contributed by atoms with Crippen molar-refractivity contribution in [1.29, 1.82) is 0 Å². The Morgan fingerprint density at radius 2 is 2.06 bits per heavy atom. The number of hydrogen-bond donors (Lipinski definition) is 3. The molecule has 0 bridgehead atoms. The molecule has 0 aromatic heterocycles. The molecule has 8 nitrogen and oxygen atoms in total. The van der Waals surface area contributed by atoms with Crippen molar-refractivity contribution in [1.82, 2.24) is 4.90 Å². The number of nitrogens with zero attached hydrogens (tertiary/aromatic N) is 1. The van der Waals surface area contributed by atoms with Gasteiger partial charge >= 0.3 is 11.9 Å². The normalized spacial score (nSPS) is 28.1. The predicted octanol–water partition coefficient (Wildman–Crippen LogP) is -1.90. The van der Waals surface area contributed by atoms with Gasteiger partial charge in [-0.15, -0.1) is 0 Å². The largest absolute Gasteiger partial charge is 0.480 e. The molecule has 17 heavy (non-hydrogen) atoms. The molecule has 1 saturated heterocycles. The maximum Gasteiger partial charge on any atom is 0.326 e. The summed E-state index contributed by atoms with van der Waals surface area (Å²) in [7, 11) is 1.29. The van der Waals surface area contributed by atoms with Crippen molar-refractivity contribution in [2.75, 3.05) is 20.3 Å². The van der Waals surface area contributed by atoms with Crippen LogP contribution in [-0.4, -0.2) is 64.8 Å². The van der Waals surface area contributed by atoms with Gasteiger partial charge in [-0.1, -0.05) is 0 Å². The van der Waals surface area contributed by atoms with Crippen molar-refractivity contribution in [3.63, 3.8) is 0 Å². The third kappa shape index (κ3) is 2.53. The van der Waals surface area contributed by atoms with Gasteiger partial charge in [0.2, 0.25) is 5.91 Å². The molecule has 1 rings (SSSR count). The van der Waals surface area contributed by atoms with E-state index in [0.717, 1.165) is 4.90 Å². The lowest BCUT2D eigenvalue weighted by Crippen LogP contribution is -2.51. The molecule has 0 saturated carbocycles. The molecule has 4 N–H and O–H groups in total. The number of amides is 1. The number of carbonyl (C=O) groups excluding carboxylic acids is 1. The van der Waals surface area contributed by atoms with E-state index in [1.54, 1.807) is 0 Å². The highest BCUT2D eigenvalue weighted by molar-refractivity contribution is 5.89. The molecule has 1 aliphatic rings. The Labute approximate surface area is 96.9 Å². The number of carboxylic acids is 2. The van der Waals surface area contributed by atoms with Crippen molar-refractivity contribution in [3.8, 4) is 0 Å². The number of likely N-dealkylation sites (tertiary alicyclic amines) is 1. The van der Waals surface area contributed by atoms with Crippen LogP contribution in [0.2, 0.25) is 0 Å². The molecule has 0 aromatic rings. The van der Waals surface area contributed by atoms with E-state index < -0.39 is 29.4 Å². The second-order valence-corrected chi connectivity index (χ2v) is 3.97. The van der Waals surface area contributed by atoms with Crippen LogP contribution in [-0.2, 0) is 19.1 Å². The minimum atomic E-state index is -1.72. The van der Waals surface area contributed by atoms with Gasteiger partial charge in [-0.3, -0.25) is 9.59 Å². The minimum absolute atomic E-state index is 0.306. The van der Waals surface area contributed by atoms with Gasteiger partial charge in [0.1, 0.15) is 18.2 Å².